The number of carbonyl (C=O) groups is 1. The van der Waals surface area contributed by atoms with Gasteiger partial charge in [-0.3, -0.25) is 4.79 Å². The van der Waals surface area contributed by atoms with Crippen molar-refractivity contribution in [3.8, 4) is 0 Å². The fraction of sp³-hybridized carbons (Fsp3) is 0.538. The van der Waals surface area contributed by atoms with Gasteiger partial charge in [0, 0.05) is 20.2 Å². The number of amides is 1. The van der Waals surface area contributed by atoms with Gasteiger partial charge < -0.3 is 19.5 Å². The third kappa shape index (κ3) is 3.73. The van der Waals surface area contributed by atoms with E-state index in [0.717, 1.165) is 0 Å². The molecule has 0 bridgehead atoms. The SMILES string of the molecule is COCc1cccc(C(=O)N2CCOC[C@H](O)C2)n1. The molecule has 0 aliphatic carbocycles. The Morgan fingerprint density at radius 1 is 1.63 bits per heavy atom. The van der Waals surface area contributed by atoms with Gasteiger partial charge in [0.05, 0.1) is 31.6 Å². The predicted molar refractivity (Wildman–Crippen MR) is 67.7 cm³/mol. The predicted octanol–water partition coefficient (Wildman–Crippen LogP) is 0.0613. The van der Waals surface area contributed by atoms with Crippen molar-refractivity contribution in [2.45, 2.75) is 12.7 Å². The monoisotopic (exact) mass is 266 g/mol. The number of β-amino-alcohol motifs (C(OH)–C–C–N with tert-alkyl or cyclic N) is 1. The number of ether oxygens (including phenoxy) is 2. The number of aliphatic hydroxyl groups excluding tert-OH is 1. The van der Waals surface area contributed by atoms with Crippen LogP contribution in [0.5, 0.6) is 0 Å². The molecule has 0 unspecified atom stereocenters. The molecular weight excluding hydrogens is 248 g/mol. The summed E-state index contributed by atoms with van der Waals surface area (Å²) in [5.74, 6) is -0.192. The van der Waals surface area contributed by atoms with E-state index in [-0.39, 0.29) is 19.1 Å². The van der Waals surface area contributed by atoms with Crippen molar-refractivity contribution in [2.75, 3.05) is 33.4 Å². The number of hydrogen-bond acceptors (Lipinski definition) is 5. The fourth-order valence-electron chi connectivity index (χ4n) is 1.97. The molecule has 0 radical (unpaired) electrons. The van der Waals surface area contributed by atoms with Gasteiger partial charge in [-0.05, 0) is 12.1 Å². The summed E-state index contributed by atoms with van der Waals surface area (Å²) in [7, 11) is 1.58. The van der Waals surface area contributed by atoms with Crippen LogP contribution in [0.1, 0.15) is 16.2 Å². The molecule has 0 spiro atoms. The quantitative estimate of drug-likeness (QED) is 0.837. The summed E-state index contributed by atoms with van der Waals surface area (Å²) in [5.41, 5.74) is 1.07. The van der Waals surface area contributed by atoms with Crippen LogP contribution in [-0.2, 0) is 16.1 Å². The maximum Gasteiger partial charge on any atom is 0.272 e. The maximum absolute atomic E-state index is 12.3. The second kappa shape index (κ2) is 6.60. The minimum Gasteiger partial charge on any atom is -0.389 e. The molecule has 2 heterocycles. The maximum atomic E-state index is 12.3. The zero-order valence-electron chi connectivity index (χ0n) is 10.9. The number of aliphatic hydroxyl groups is 1. The average Bonchev–Trinajstić information content (AvgIpc) is 2.63. The molecule has 0 aromatic carbocycles. The summed E-state index contributed by atoms with van der Waals surface area (Å²) in [4.78, 5) is 18.1. The zero-order chi connectivity index (χ0) is 13.7. The highest BCUT2D eigenvalue weighted by atomic mass is 16.5. The lowest BCUT2D eigenvalue weighted by atomic mass is 10.2. The topological polar surface area (TPSA) is 71.9 Å². The van der Waals surface area contributed by atoms with Crippen LogP contribution < -0.4 is 0 Å². The van der Waals surface area contributed by atoms with Crippen molar-refractivity contribution >= 4 is 5.91 Å². The molecule has 0 saturated carbocycles. The highest BCUT2D eigenvalue weighted by Gasteiger charge is 2.22. The number of methoxy groups -OCH3 is 1. The highest BCUT2D eigenvalue weighted by molar-refractivity contribution is 5.92. The first kappa shape index (κ1) is 13.9. The molecule has 1 fully saturated rings. The van der Waals surface area contributed by atoms with E-state index in [1.54, 1.807) is 30.2 Å². The van der Waals surface area contributed by atoms with E-state index in [0.29, 0.717) is 31.1 Å². The fourth-order valence-corrected chi connectivity index (χ4v) is 1.97. The lowest BCUT2D eigenvalue weighted by molar-refractivity contribution is 0.0532. The van der Waals surface area contributed by atoms with Gasteiger partial charge in [-0.25, -0.2) is 4.98 Å². The summed E-state index contributed by atoms with van der Waals surface area (Å²) >= 11 is 0. The number of aromatic nitrogens is 1. The third-order valence-corrected chi connectivity index (χ3v) is 2.85. The molecule has 1 atom stereocenters. The van der Waals surface area contributed by atoms with Gasteiger partial charge in [0.25, 0.3) is 5.91 Å². The molecule has 1 aliphatic rings. The van der Waals surface area contributed by atoms with Crippen molar-refractivity contribution in [2.24, 2.45) is 0 Å². The van der Waals surface area contributed by atoms with Gasteiger partial charge in [0.1, 0.15) is 5.69 Å². The Balaban J connectivity index is 2.11. The Labute approximate surface area is 112 Å². The number of nitrogens with zero attached hydrogens (tertiary/aromatic N) is 2. The van der Waals surface area contributed by atoms with Gasteiger partial charge in [-0.1, -0.05) is 6.07 Å². The molecule has 1 aromatic rings. The largest absolute Gasteiger partial charge is 0.389 e. The molecule has 1 aliphatic heterocycles. The lowest BCUT2D eigenvalue weighted by Crippen LogP contribution is -2.38. The van der Waals surface area contributed by atoms with Crippen LogP contribution in [0.2, 0.25) is 0 Å². The van der Waals surface area contributed by atoms with Crippen LogP contribution in [0.3, 0.4) is 0 Å². The Morgan fingerprint density at radius 3 is 3.26 bits per heavy atom. The van der Waals surface area contributed by atoms with E-state index in [9.17, 15) is 9.90 Å². The van der Waals surface area contributed by atoms with E-state index >= 15 is 0 Å². The van der Waals surface area contributed by atoms with Gasteiger partial charge >= 0.3 is 0 Å². The lowest BCUT2D eigenvalue weighted by Gasteiger charge is -2.21. The van der Waals surface area contributed by atoms with Crippen molar-refractivity contribution in [1.82, 2.24) is 9.88 Å². The van der Waals surface area contributed by atoms with E-state index in [1.807, 2.05) is 0 Å². The van der Waals surface area contributed by atoms with Crippen LogP contribution in [-0.4, -0.2) is 60.4 Å². The number of carbonyl (C=O) groups excluding carboxylic acids is 1. The molecule has 104 valence electrons. The van der Waals surface area contributed by atoms with Crippen LogP contribution in [0.25, 0.3) is 0 Å². The van der Waals surface area contributed by atoms with Crippen molar-refractivity contribution in [1.29, 1.82) is 0 Å². The minimum absolute atomic E-state index is 0.192. The van der Waals surface area contributed by atoms with Crippen LogP contribution in [0.15, 0.2) is 18.2 Å². The van der Waals surface area contributed by atoms with Gasteiger partial charge in [0.2, 0.25) is 0 Å². The number of rotatable bonds is 3. The third-order valence-electron chi connectivity index (χ3n) is 2.85. The van der Waals surface area contributed by atoms with Crippen molar-refractivity contribution in [3.63, 3.8) is 0 Å². The first-order valence-electron chi connectivity index (χ1n) is 6.20. The Bertz CT molecular complexity index is 438. The van der Waals surface area contributed by atoms with E-state index in [1.165, 1.54) is 0 Å². The van der Waals surface area contributed by atoms with Gasteiger partial charge in [-0.2, -0.15) is 0 Å². The van der Waals surface area contributed by atoms with Gasteiger partial charge in [0.15, 0.2) is 0 Å². The molecule has 1 saturated heterocycles. The van der Waals surface area contributed by atoms with E-state index in [2.05, 4.69) is 4.98 Å². The summed E-state index contributed by atoms with van der Waals surface area (Å²) in [6.07, 6.45) is -0.645. The van der Waals surface area contributed by atoms with E-state index < -0.39 is 6.10 Å². The summed E-state index contributed by atoms with van der Waals surface area (Å²) < 4.78 is 10.2. The molecule has 19 heavy (non-hydrogen) atoms. The standard InChI is InChI=1S/C13H18N2O4/c1-18-8-10-3-2-4-12(14-10)13(17)15-5-6-19-9-11(16)7-15/h2-4,11,16H,5-9H2,1H3/t11-/m1/s1. The first-order chi connectivity index (χ1) is 9.20. The summed E-state index contributed by atoms with van der Waals surface area (Å²) in [5, 5.41) is 9.63. The molecule has 1 N–H and O–H groups in total. The first-order valence-corrected chi connectivity index (χ1v) is 6.20. The second-order valence-corrected chi connectivity index (χ2v) is 4.43. The summed E-state index contributed by atoms with van der Waals surface area (Å²) in [6, 6.07) is 5.25. The van der Waals surface area contributed by atoms with Crippen LogP contribution >= 0.6 is 0 Å². The smallest absolute Gasteiger partial charge is 0.272 e. The van der Waals surface area contributed by atoms with Crippen molar-refractivity contribution in [3.05, 3.63) is 29.6 Å². The number of pyridine rings is 1. The number of hydrogen-bond donors (Lipinski definition) is 1. The van der Waals surface area contributed by atoms with Gasteiger partial charge in [-0.15, -0.1) is 0 Å². The minimum atomic E-state index is -0.645. The van der Waals surface area contributed by atoms with Crippen molar-refractivity contribution < 1.29 is 19.4 Å². The highest BCUT2D eigenvalue weighted by Crippen LogP contribution is 2.08. The van der Waals surface area contributed by atoms with E-state index in [4.69, 9.17) is 9.47 Å². The molecule has 6 nitrogen and oxygen atoms in total. The Hall–Kier alpha value is -1.50. The summed E-state index contributed by atoms with van der Waals surface area (Å²) in [6.45, 7) is 1.80. The molecule has 6 heteroatoms. The Kier molecular flexibility index (Phi) is 4.84. The van der Waals surface area contributed by atoms with Crippen LogP contribution in [0.4, 0.5) is 0 Å². The average molecular weight is 266 g/mol. The van der Waals surface area contributed by atoms with Crippen LogP contribution in [0, 0.1) is 0 Å². The Morgan fingerprint density at radius 2 is 2.47 bits per heavy atom. The second-order valence-electron chi connectivity index (χ2n) is 4.43. The molecule has 1 amide bonds. The zero-order valence-corrected chi connectivity index (χ0v) is 10.9. The molecule has 2 rings (SSSR count). The normalized spacial score (nSPS) is 20.1. The molecule has 1 aromatic heterocycles. The molecular formula is C13H18N2O4.